The summed E-state index contributed by atoms with van der Waals surface area (Å²) in [5, 5.41) is 5.25. The van der Waals surface area contributed by atoms with E-state index < -0.39 is 0 Å². The second kappa shape index (κ2) is 6.23. The number of amides is 3. The zero-order valence-corrected chi connectivity index (χ0v) is 14.5. The van der Waals surface area contributed by atoms with E-state index in [1.807, 2.05) is 6.07 Å². The van der Waals surface area contributed by atoms with E-state index in [-0.39, 0.29) is 24.1 Å². The van der Waals surface area contributed by atoms with Gasteiger partial charge < -0.3 is 9.73 Å². The first-order valence-corrected chi connectivity index (χ1v) is 8.65. The van der Waals surface area contributed by atoms with Crippen molar-refractivity contribution in [3.8, 4) is 10.8 Å². The number of thiazole rings is 1. The van der Waals surface area contributed by atoms with E-state index in [1.54, 1.807) is 29.8 Å². The lowest BCUT2D eigenvalue weighted by Gasteiger charge is -2.05. The first kappa shape index (κ1) is 16.2. The van der Waals surface area contributed by atoms with Crippen molar-refractivity contribution >= 4 is 34.7 Å². The van der Waals surface area contributed by atoms with Crippen LogP contribution in [0.15, 0.2) is 46.4 Å². The van der Waals surface area contributed by atoms with Crippen LogP contribution < -0.4 is 5.32 Å². The SMILES string of the molecule is CN1C(=O)c2ccc(NC(=O)Cc3csc(-c4ccco4)n3)cc2C1=O. The molecule has 3 amide bonds. The average molecular weight is 367 g/mol. The third kappa shape index (κ3) is 2.80. The van der Waals surface area contributed by atoms with Crippen molar-refractivity contribution < 1.29 is 18.8 Å². The maximum Gasteiger partial charge on any atom is 0.261 e. The summed E-state index contributed by atoms with van der Waals surface area (Å²) >= 11 is 1.40. The number of fused-ring (bicyclic) bond motifs is 1. The van der Waals surface area contributed by atoms with Gasteiger partial charge >= 0.3 is 0 Å². The topological polar surface area (TPSA) is 92.5 Å². The highest BCUT2D eigenvalue weighted by Gasteiger charge is 2.32. The van der Waals surface area contributed by atoms with Crippen LogP contribution in [0.5, 0.6) is 0 Å². The first-order chi connectivity index (χ1) is 12.5. The molecule has 3 heterocycles. The Kier molecular flexibility index (Phi) is 3.89. The van der Waals surface area contributed by atoms with E-state index in [1.165, 1.54) is 24.5 Å². The number of furan rings is 1. The highest BCUT2D eigenvalue weighted by Crippen LogP contribution is 2.26. The van der Waals surface area contributed by atoms with Gasteiger partial charge in [0.05, 0.1) is 29.5 Å². The number of hydrogen-bond donors (Lipinski definition) is 1. The van der Waals surface area contributed by atoms with Crippen molar-refractivity contribution in [1.29, 1.82) is 0 Å². The molecule has 130 valence electrons. The molecule has 3 aromatic rings. The maximum atomic E-state index is 12.3. The third-order valence-electron chi connectivity index (χ3n) is 4.00. The van der Waals surface area contributed by atoms with Gasteiger partial charge in [0, 0.05) is 18.1 Å². The molecule has 0 saturated carbocycles. The van der Waals surface area contributed by atoms with Crippen molar-refractivity contribution in [3.63, 3.8) is 0 Å². The molecular weight excluding hydrogens is 354 g/mol. The Morgan fingerprint density at radius 2 is 2.04 bits per heavy atom. The van der Waals surface area contributed by atoms with E-state index in [0.717, 1.165) is 4.90 Å². The molecule has 1 aromatic carbocycles. The molecule has 7 nitrogen and oxygen atoms in total. The molecule has 26 heavy (non-hydrogen) atoms. The van der Waals surface area contributed by atoms with E-state index in [2.05, 4.69) is 10.3 Å². The Labute approximate surface area is 152 Å². The average Bonchev–Trinajstić information content (AvgIpc) is 3.34. The van der Waals surface area contributed by atoms with Crippen molar-refractivity contribution in [2.75, 3.05) is 12.4 Å². The van der Waals surface area contributed by atoms with Gasteiger partial charge in [0.2, 0.25) is 5.91 Å². The fourth-order valence-corrected chi connectivity index (χ4v) is 3.50. The van der Waals surface area contributed by atoms with Gasteiger partial charge in [0.25, 0.3) is 11.8 Å². The second-order valence-electron chi connectivity index (χ2n) is 5.78. The van der Waals surface area contributed by atoms with E-state index in [4.69, 9.17) is 4.42 Å². The summed E-state index contributed by atoms with van der Waals surface area (Å²) in [4.78, 5) is 41.6. The summed E-state index contributed by atoms with van der Waals surface area (Å²) in [6.07, 6.45) is 1.67. The standard InChI is InChI=1S/C18H13N3O4S/c1-21-17(23)12-5-4-10(7-13(12)18(21)24)19-15(22)8-11-9-26-16(20-11)14-3-2-6-25-14/h2-7,9H,8H2,1H3,(H,19,22). The molecule has 8 heteroatoms. The number of rotatable bonds is 4. The van der Waals surface area contributed by atoms with Crippen LogP contribution in [0.25, 0.3) is 10.8 Å². The lowest BCUT2D eigenvalue weighted by Crippen LogP contribution is -2.24. The van der Waals surface area contributed by atoms with E-state index in [9.17, 15) is 14.4 Å². The number of carbonyl (C=O) groups is 3. The fraction of sp³-hybridized carbons (Fsp3) is 0.111. The number of nitrogens with one attached hydrogen (secondary N) is 1. The summed E-state index contributed by atoms with van der Waals surface area (Å²) in [6, 6.07) is 8.26. The smallest absolute Gasteiger partial charge is 0.261 e. The number of nitrogens with zero attached hydrogens (tertiary/aromatic N) is 2. The second-order valence-corrected chi connectivity index (χ2v) is 6.63. The van der Waals surface area contributed by atoms with Crippen LogP contribution in [0.4, 0.5) is 5.69 Å². The molecule has 0 bridgehead atoms. The summed E-state index contributed by atoms with van der Waals surface area (Å²) in [6.45, 7) is 0. The highest BCUT2D eigenvalue weighted by atomic mass is 32.1. The Hall–Kier alpha value is -3.26. The maximum absolute atomic E-state index is 12.3. The summed E-state index contributed by atoms with van der Waals surface area (Å²) < 4.78 is 5.29. The largest absolute Gasteiger partial charge is 0.462 e. The van der Waals surface area contributed by atoms with Crippen LogP contribution in [-0.2, 0) is 11.2 Å². The molecule has 1 aliphatic rings. The molecule has 0 spiro atoms. The lowest BCUT2D eigenvalue weighted by atomic mass is 10.1. The van der Waals surface area contributed by atoms with Crippen molar-refractivity contribution in [2.24, 2.45) is 0 Å². The molecule has 0 radical (unpaired) electrons. The predicted octanol–water partition coefficient (Wildman–Crippen LogP) is 2.81. The summed E-state index contributed by atoms with van der Waals surface area (Å²) in [7, 11) is 1.43. The van der Waals surface area contributed by atoms with Crippen LogP contribution in [0.2, 0.25) is 0 Å². The van der Waals surface area contributed by atoms with Gasteiger partial charge in [-0.15, -0.1) is 11.3 Å². The van der Waals surface area contributed by atoms with Gasteiger partial charge in [-0.3, -0.25) is 19.3 Å². The monoisotopic (exact) mass is 367 g/mol. The lowest BCUT2D eigenvalue weighted by molar-refractivity contribution is -0.115. The van der Waals surface area contributed by atoms with Gasteiger partial charge in [-0.25, -0.2) is 4.98 Å². The summed E-state index contributed by atoms with van der Waals surface area (Å²) in [5.74, 6) is -0.307. The highest BCUT2D eigenvalue weighted by molar-refractivity contribution is 7.13. The Morgan fingerprint density at radius 3 is 2.81 bits per heavy atom. The van der Waals surface area contributed by atoms with E-state index in [0.29, 0.717) is 33.3 Å². The van der Waals surface area contributed by atoms with Gasteiger partial charge in [0.1, 0.15) is 0 Å². The van der Waals surface area contributed by atoms with Crippen LogP contribution >= 0.6 is 11.3 Å². The Morgan fingerprint density at radius 1 is 1.23 bits per heavy atom. The minimum absolute atomic E-state index is 0.0983. The van der Waals surface area contributed by atoms with Crippen molar-refractivity contribution in [1.82, 2.24) is 9.88 Å². The van der Waals surface area contributed by atoms with Crippen LogP contribution in [0, 0.1) is 0 Å². The van der Waals surface area contributed by atoms with Crippen molar-refractivity contribution in [3.05, 3.63) is 58.8 Å². The quantitative estimate of drug-likeness (QED) is 0.716. The number of anilines is 1. The Bertz CT molecular complexity index is 1020. The number of hydrogen-bond acceptors (Lipinski definition) is 6. The van der Waals surface area contributed by atoms with Gasteiger partial charge in [-0.05, 0) is 30.3 Å². The zero-order valence-electron chi connectivity index (χ0n) is 13.7. The van der Waals surface area contributed by atoms with Crippen molar-refractivity contribution in [2.45, 2.75) is 6.42 Å². The number of carbonyl (C=O) groups excluding carboxylic acids is 3. The molecule has 0 saturated heterocycles. The number of benzene rings is 1. The molecule has 2 aromatic heterocycles. The number of aromatic nitrogens is 1. The summed E-state index contributed by atoms with van der Waals surface area (Å²) in [5.41, 5.74) is 1.74. The van der Waals surface area contributed by atoms with Crippen LogP contribution in [0.1, 0.15) is 26.4 Å². The zero-order chi connectivity index (χ0) is 18.3. The number of imide groups is 1. The molecule has 0 aliphatic carbocycles. The van der Waals surface area contributed by atoms with Crippen LogP contribution in [-0.4, -0.2) is 34.7 Å². The molecular formula is C18H13N3O4S. The van der Waals surface area contributed by atoms with E-state index >= 15 is 0 Å². The molecule has 4 rings (SSSR count). The third-order valence-corrected chi connectivity index (χ3v) is 4.90. The van der Waals surface area contributed by atoms with Gasteiger partial charge in [0.15, 0.2) is 10.8 Å². The normalized spacial score (nSPS) is 13.2. The molecule has 1 N–H and O–H groups in total. The van der Waals surface area contributed by atoms with Gasteiger partial charge in [-0.1, -0.05) is 0 Å². The molecule has 0 unspecified atom stereocenters. The molecule has 0 fully saturated rings. The molecule has 0 atom stereocenters. The minimum Gasteiger partial charge on any atom is -0.462 e. The first-order valence-electron chi connectivity index (χ1n) is 7.77. The minimum atomic E-state index is -0.372. The Balaban J connectivity index is 1.46. The predicted molar refractivity (Wildman–Crippen MR) is 95.0 cm³/mol. The van der Waals surface area contributed by atoms with Gasteiger partial charge in [-0.2, -0.15) is 0 Å². The van der Waals surface area contributed by atoms with Crippen LogP contribution in [0.3, 0.4) is 0 Å². The molecule has 1 aliphatic heterocycles. The fourth-order valence-electron chi connectivity index (χ4n) is 2.71.